The fraction of sp³-hybridized carbons (Fsp3) is 0.462. The summed E-state index contributed by atoms with van der Waals surface area (Å²) in [6.07, 6.45) is -0.305. The van der Waals surface area contributed by atoms with E-state index >= 15 is 0 Å². The molecule has 1 fully saturated rings. The van der Waals surface area contributed by atoms with Crippen LogP contribution in [-0.2, 0) is 19.0 Å². The molecule has 0 aliphatic carbocycles. The van der Waals surface area contributed by atoms with Crippen molar-refractivity contribution in [2.24, 2.45) is 0 Å². The number of ether oxygens (including phenoxy) is 3. The maximum absolute atomic E-state index is 11.3. The van der Waals surface area contributed by atoms with Gasteiger partial charge in [-0.3, -0.25) is 4.79 Å². The Hall–Kier alpha value is -0.660. The lowest BCUT2D eigenvalue weighted by atomic mass is 10.1. The van der Waals surface area contributed by atoms with Crippen LogP contribution in [0.15, 0.2) is 30.3 Å². The summed E-state index contributed by atoms with van der Waals surface area (Å²) in [7, 11) is 1.39. The standard InChI is InChI=1S/C13H15IO4/c1-16-12(15)7-11-10(14)8-17-13(18-11)9-5-3-2-4-6-9/h2-6,10-11,13H,7-8H2,1H3/t10?,11-,13+/m0/s1. The summed E-state index contributed by atoms with van der Waals surface area (Å²) in [5.41, 5.74) is 0.968. The number of carbonyl (C=O) groups is 1. The van der Waals surface area contributed by atoms with E-state index in [4.69, 9.17) is 9.47 Å². The second-order valence-electron chi connectivity index (χ2n) is 4.05. The molecule has 1 aliphatic heterocycles. The lowest BCUT2D eigenvalue weighted by Gasteiger charge is -2.33. The number of alkyl halides is 1. The first-order chi connectivity index (χ1) is 8.70. The zero-order valence-electron chi connectivity index (χ0n) is 10.0. The molecule has 5 heteroatoms. The number of esters is 1. The molecule has 18 heavy (non-hydrogen) atoms. The van der Waals surface area contributed by atoms with Crippen molar-refractivity contribution >= 4 is 28.6 Å². The van der Waals surface area contributed by atoms with Crippen molar-refractivity contribution in [3.63, 3.8) is 0 Å². The molecule has 1 aliphatic rings. The highest BCUT2D eigenvalue weighted by Crippen LogP contribution is 2.30. The van der Waals surface area contributed by atoms with Gasteiger partial charge in [-0.25, -0.2) is 0 Å². The van der Waals surface area contributed by atoms with E-state index in [0.29, 0.717) is 6.61 Å². The highest BCUT2D eigenvalue weighted by atomic mass is 127. The van der Waals surface area contributed by atoms with Gasteiger partial charge >= 0.3 is 5.97 Å². The van der Waals surface area contributed by atoms with Crippen LogP contribution in [-0.4, -0.2) is 29.7 Å². The number of methoxy groups -OCH3 is 1. The van der Waals surface area contributed by atoms with Gasteiger partial charge in [-0.2, -0.15) is 0 Å². The van der Waals surface area contributed by atoms with Crippen molar-refractivity contribution in [3.8, 4) is 0 Å². The molecule has 1 unspecified atom stereocenters. The van der Waals surface area contributed by atoms with Crippen LogP contribution in [0.1, 0.15) is 18.3 Å². The molecule has 0 spiro atoms. The summed E-state index contributed by atoms with van der Waals surface area (Å²) in [6, 6.07) is 9.72. The number of hydrogen-bond donors (Lipinski definition) is 0. The molecule has 0 amide bonds. The highest BCUT2D eigenvalue weighted by molar-refractivity contribution is 14.1. The van der Waals surface area contributed by atoms with E-state index in [0.717, 1.165) is 5.56 Å². The van der Waals surface area contributed by atoms with E-state index in [9.17, 15) is 4.79 Å². The molecule has 1 aromatic rings. The average Bonchev–Trinajstić information content (AvgIpc) is 2.42. The number of carbonyl (C=O) groups excluding carboxylic acids is 1. The number of hydrogen-bond acceptors (Lipinski definition) is 4. The normalized spacial score (nSPS) is 27.8. The van der Waals surface area contributed by atoms with Crippen LogP contribution >= 0.6 is 22.6 Å². The predicted octanol–water partition coefficient (Wildman–Crippen LogP) is 2.47. The topological polar surface area (TPSA) is 44.8 Å². The summed E-state index contributed by atoms with van der Waals surface area (Å²) in [4.78, 5) is 11.3. The largest absolute Gasteiger partial charge is 0.469 e. The fourth-order valence-corrected chi connectivity index (χ4v) is 2.41. The molecule has 0 saturated carbocycles. The number of rotatable bonds is 3. The van der Waals surface area contributed by atoms with Gasteiger partial charge in [0.15, 0.2) is 6.29 Å². The van der Waals surface area contributed by atoms with Crippen molar-refractivity contribution in [3.05, 3.63) is 35.9 Å². The van der Waals surface area contributed by atoms with Gasteiger partial charge in [-0.1, -0.05) is 52.9 Å². The third kappa shape index (κ3) is 3.43. The van der Waals surface area contributed by atoms with Crippen LogP contribution in [0.3, 0.4) is 0 Å². The molecule has 3 atom stereocenters. The lowest BCUT2D eigenvalue weighted by Crippen LogP contribution is -2.38. The van der Waals surface area contributed by atoms with Gasteiger partial charge in [0.2, 0.25) is 0 Å². The average molecular weight is 362 g/mol. The van der Waals surface area contributed by atoms with Crippen molar-refractivity contribution in [1.82, 2.24) is 0 Å². The summed E-state index contributed by atoms with van der Waals surface area (Å²) >= 11 is 2.24. The first-order valence-corrected chi connectivity index (χ1v) is 6.98. The number of benzene rings is 1. The molecule has 1 saturated heterocycles. The molecule has 2 rings (SSSR count). The summed E-state index contributed by atoms with van der Waals surface area (Å²) in [5.74, 6) is -0.254. The molecule has 1 aromatic carbocycles. The molecule has 0 bridgehead atoms. The van der Waals surface area contributed by atoms with Gasteiger partial charge in [-0.05, 0) is 0 Å². The van der Waals surface area contributed by atoms with E-state index in [1.54, 1.807) is 0 Å². The molecular weight excluding hydrogens is 347 g/mol. The van der Waals surface area contributed by atoms with E-state index in [1.165, 1.54) is 7.11 Å². The molecule has 4 nitrogen and oxygen atoms in total. The van der Waals surface area contributed by atoms with Crippen LogP contribution in [0.2, 0.25) is 0 Å². The lowest BCUT2D eigenvalue weighted by molar-refractivity contribution is -0.214. The predicted molar refractivity (Wildman–Crippen MR) is 74.4 cm³/mol. The molecule has 0 aromatic heterocycles. The van der Waals surface area contributed by atoms with Crippen molar-refractivity contribution < 1.29 is 19.0 Å². The molecular formula is C13H15IO4. The highest BCUT2D eigenvalue weighted by Gasteiger charge is 2.32. The third-order valence-corrected chi connectivity index (χ3v) is 3.94. The van der Waals surface area contributed by atoms with Gasteiger partial charge in [-0.15, -0.1) is 0 Å². The maximum Gasteiger partial charge on any atom is 0.308 e. The van der Waals surface area contributed by atoms with Gasteiger partial charge in [0.1, 0.15) is 0 Å². The van der Waals surface area contributed by atoms with Crippen molar-refractivity contribution in [2.75, 3.05) is 13.7 Å². The van der Waals surface area contributed by atoms with E-state index in [1.807, 2.05) is 30.3 Å². The monoisotopic (exact) mass is 362 g/mol. The SMILES string of the molecule is COC(=O)C[C@@H]1O[C@H](c2ccccc2)OCC1I. The summed E-state index contributed by atoms with van der Waals surface area (Å²) in [6.45, 7) is 0.571. The van der Waals surface area contributed by atoms with Crippen molar-refractivity contribution in [2.45, 2.75) is 22.7 Å². The van der Waals surface area contributed by atoms with Gasteiger partial charge < -0.3 is 14.2 Å². The Kier molecular flexibility index (Phi) is 4.96. The minimum absolute atomic E-state index is 0.154. The first-order valence-electron chi connectivity index (χ1n) is 5.73. The minimum Gasteiger partial charge on any atom is -0.469 e. The smallest absolute Gasteiger partial charge is 0.308 e. The first kappa shape index (κ1) is 13.8. The zero-order chi connectivity index (χ0) is 13.0. The molecule has 0 N–H and O–H groups in total. The van der Waals surface area contributed by atoms with Crippen LogP contribution in [0.4, 0.5) is 0 Å². The Bertz CT molecular complexity index is 395. The number of halogens is 1. The van der Waals surface area contributed by atoms with E-state index in [-0.39, 0.29) is 22.4 Å². The fourth-order valence-electron chi connectivity index (χ4n) is 1.78. The van der Waals surface area contributed by atoms with Crippen LogP contribution in [0.5, 0.6) is 0 Å². The molecule has 0 radical (unpaired) electrons. The quantitative estimate of drug-likeness (QED) is 0.471. The van der Waals surface area contributed by atoms with E-state index < -0.39 is 6.29 Å². The van der Waals surface area contributed by atoms with Crippen LogP contribution in [0, 0.1) is 0 Å². The second kappa shape index (κ2) is 6.49. The Morgan fingerprint density at radius 3 is 2.83 bits per heavy atom. The van der Waals surface area contributed by atoms with Crippen molar-refractivity contribution in [1.29, 1.82) is 0 Å². The Balaban J connectivity index is 2.02. The maximum atomic E-state index is 11.3. The van der Waals surface area contributed by atoms with E-state index in [2.05, 4.69) is 27.3 Å². The summed E-state index contributed by atoms with van der Waals surface area (Å²) < 4.78 is 16.3. The van der Waals surface area contributed by atoms with Crippen LogP contribution in [0.25, 0.3) is 0 Å². The second-order valence-corrected chi connectivity index (χ2v) is 5.65. The van der Waals surface area contributed by atoms with Gasteiger partial charge in [0, 0.05) is 5.56 Å². The van der Waals surface area contributed by atoms with Gasteiger partial charge in [0.05, 0.1) is 30.2 Å². The zero-order valence-corrected chi connectivity index (χ0v) is 12.2. The molecule has 1 heterocycles. The van der Waals surface area contributed by atoms with Gasteiger partial charge in [0.25, 0.3) is 0 Å². The Morgan fingerprint density at radius 1 is 1.44 bits per heavy atom. The summed E-state index contributed by atoms with van der Waals surface area (Å²) in [5, 5.41) is 0. The Labute approximate surface area is 120 Å². The minimum atomic E-state index is -0.396. The molecule has 98 valence electrons. The Morgan fingerprint density at radius 2 is 2.17 bits per heavy atom. The van der Waals surface area contributed by atoms with Crippen LogP contribution < -0.4 is 0 Å². The third-order valence-electron chi connectivity index (χ3n) is 2.78.